The maximum Gasteiger partial charge on any atom is 0.324 e. The highest BCUT2D eigenvalue weighted by Gasteiger charge is 2.44. The molecule has 1 saturated carbocycles. The van der Waals surface area contributed by atoms with Crippen molar-refractivity contribution in [2.45, 2.75) is 57.5 Å². The summed E-state index contributed by atoms with van der Waals surface area (Å²) >= 11 is 0. The van der Waals surface area contributed by atoms with Gasteiger partial charge in [-0.1, -0.05) is 17.6 Å². The fourth-order valence-corrected chi connectivity index (χ4v) is 5.86. The molecule has 4 heterocycles. The van der Waals surface area contributed by atoms with Crippen LogP contribution in [0.1, 0.15) is 55.2 Å². The Morgan fingerprint density at radius 1 is 1.00 bits per heavy atom. The van der Waals surface area contributed by atoms with Gasteiger partial charge in [0, 0.05) is 37.2 Å². The zero-order valence-corrected chi connectivity index (χ0v) is 18.8. The molecule has 6 rings (SSSR count). The number of piperidine rings is 1. The first-order chi connectivity index (χ1) is 16.5. The van der Waals surface area contributed by atoms with Gasteiger partial charge in [0.15, 0.2) is 23.3 Å². The molecule has 1 saturated heterocycles. The number of halogens is 3. The Kier molecular flexibility index (Phi) is 5.22. The first-order valence-electron chi connectivity index (χ1n) is 11.9. The summed E-state index contributed by atoms with van der Waals surface area (Å²) < 4.78 is 49.3. The Morgan fingerprint density at radius 3 is 2.53 bits per heavy atom. The average Bonchev–Trinajstić information content (AvgIpc) is 3.45. The number of fused-ring (bicyclic) bond motifs is 3. The van der Waals surface area contributed by atoms with Crippen molar-refractivity contribution in [3.8, 4) is 0 Å². The van der Waals surface area contributed by atoms with Crippen LogP contribution in [0.3, 0.4) is 0 Å². The van der Waals surface area contributed by atoms with E-state index in [-0.39, 0.29) is 11.6 Å². The third-order valence-corrected chi connectivity index (χ3v) is 7.48. The number of aromatic nitrogens is 5. The summed E-state index contributed by atoms with van der Waals surface area (Å²) in [6.45, 7) is 4.09. The topological polar surface area (TPSA) is 84.9 Å². The fourth-order valence-electron chi connectivity index (χ4n) is 5.86. The van der Waals surface area contributed by atoms with E-state index >= 15 is 0 Å². The van der Waals surface area contributed by atoms with Gasteiger partial charge >= 0.3 is 6.01 Å². The van der Waals surface area contributed by atoms with E-state index in [2.05, 4.69) is 25.5 Å². The minimum atomic E-state index is -1.44. The van der Waals surface area contributed by atoms with Crippen LogP contribution in [0, 0.1) is 36.2 Å². The van der Waals surface area contributed by atoms with Gasteiger partial charge in [0.25, 0.3) is 0 Å². The van der Waals surface area contributed by atoms with Crippen molar-refractivity contribution in [2.24, 2.45) is 11.8 Å². The van der Waals surface area contributed by atoms with Crippen molar-refractivity contribution in [1.82, 2.24) is 24.9 Å². The number of hydrogen-bond donors (Lipinski definition) is 1. The molecule has 0 radical (unpaired) electrons. The minimum absolute atomic E-state index is 0.129. The van der Waals surface area contributed by atoms with E-state index in [0.29, 0.717) is 48.4 Å². The molecule has 2 aliphatic heterocycles. The molecular weight excluding hydrogens is 447 g/mol. The number of nitrogens with one attached hydrogen (secondary N) is 1. The number of nitrogens with zero attached hydrogens (tertiary/aromatic N) is 6. The maximum atomic E-state index is 14.6. The second-order valence-electron chi connectivity index (χ2n) is 9.63. The smallest absolute Gasteiger partial charge is 0.324 e. The van der Waals surface area contributed by atoms with Gasteiger partial charge in [0.2, 0.25) is 5.95 Å². The van der Waals surface area contributed by atoms with Crippen molar-refractivity contribution < 1.29 is 17.7 Å². The van der Waals surface area contributed by atoms with Gasteiger partial charge in [0.1, 0.15) is 5.82 Å². The van der Waals surface area contributed by atoms with Crippen molar-refractivity contribution in [3.05, 3.63) is 46.8 Å². The third kappa shape index (κ3) is 3.61. The number of anilines is 2. The monoisotopic (exact) mass is 473 g/mol. The first kappa shape index (κ1) is 21.4. The van der Waals surface area contributed by atoms with E-state index in [1.807, 2.05) is 6.92 Å². The molecule has 1 N–H and O–H groups in total. The van der Waals surface area contributed by atoms with Gasteiger partial charge in [-0.3, -0.25) is 0 Å². The lowest BCUT2D eigenvalue weighted by Crippen LogP contribution is -2.48. The van der Waals surface area contributed by atoms with E-state index in [0.717, 1.165) is 44.8 Å². The van der Waals surface area contributed by atoms with E-state index in [1.165, 1.54) is 6.07 Å². The van der Waals surface area contributed by atoms with Crippen LogP contribution in [-0.4, -0.2) is 44.0 Å². The van der Waals surface area contributed by atoms with E-state index < -0.39 is 23.4 Å². The quantitative estimate of drug-likeness (QED) is 0.573. The summed E-state index contributed by atoms with van der Waals surface area (Å²) in [4.78, 5) is 11.3. The highest BCUT2D eigenvalue weighted by atomic mass is 19.2. The van der Waals surface area contributed by atoms with Gasteiger partial charge in [-0.2, -0.15) is 9.97 Å². The van der Waals surface area contributed by atoms with Gasteiger partial charge in [0.05, 0.1) is 0 Å². The summed E-state index contributed by atoms with van der Waals surface area (Å²) in [6, 6.07) is 3.08. The Morgan fingerprint density at radius 2 is 1.79 bits per heavy atom. The standard InChI is InChI=1S/C23H26F3N7O/c1-12-27-23(34-31-12)32-10-13-5-6-14(11-32)20(13)28-22-29-21-16(4-2-3-9-33(21)30-22)15-7-8-17(24)19(26)18(15)25/h7-8,13-14,16,20H,2-6,9-11H2,1H3,(H,28,30)/t13-,14+,16?,20?. The summed E-state index contributed by atoms with van der Waals surface area (Å²) in [7, 11) is 0. The Hall–Kier alpha value is -3.11. The molecule has 2 unspecified atom stereocenters. The molecule has 0 spiro atoms. The van der Waals surface area contributed by atoms with Crippen LogP contribution in [0.4, 0.5) is 25.1 Å². The van der Waals surface area contributed by atoms with Crippen LogP contribution in [0.15, 0.2) is 16.7 Å². The second kappa shape index (κ2) is 8.28. The molecule has 2 aromatic heterocycles. The predicted octanol–water partition coefficient (Wildman–Crippen LogP) is 4.03. The summed E-state index contributed by atoms with van der Waals surface area (Å²) in [5.41, 5.74) is 0.129. The van der Waals surface area contributed by atoms with Crippen molar-refractivity contribution in [2.75, 3.05) is 23.3 Å². The number of aryl methyl sites for hydroxylation is 2. The number of rotatable bonds is 4. The molecule has 2 bridgehead atoms. The van der Waals surface area contributed by atoms with Crippen LogP contribution < -0.4 is 10.2 Å². The van der Waals surface area contributed by atoms with Crippen LogP contribution in [-0.2, 0) is 6.54 Å². The average molecular weight is 474 g/mol. The van der Waals surface area contributed by atoms with E-state index in [4.69, 9.17) is 9.51 Å². The largest absolute Gasteiger partial charge is 0.350 e. The van der Waals surface area contributed by atoms with Crippen LogP contribution in [0.2, 0.25) is 0 Å². The molecule has 4 atom stereocenters. The first-order valence-corrected chi connectivity index (χ1v) is 11.9. The highest BCUT2D eigenvalue weighted by Crippen LogP contribution is 2.40. The summed E-state index contributed by atoms with van der Waals surface area (Å²) in [5.74, 6) is -1.75. The Labute approximate surface area is 194 Å². The van der Waals surface area contributed by atoms with Crippen molar-refractivity contribution in [1.29, 1.82) is 0 Å². The molecule has 2 fully saturated rings. The lowest BCUT2D eigenvalue weighted by molar-refractivity contribution is 0.340. The third-order valence-electron chi connectivity index (χ3n) is 7.48. The summed E-state index contributed by atoms with van der Waals surface area (Å²) in [5, 5.41) is 12.1. The molecule has 1 aromatic carbocycles. The van der Waals surface area contributed by atoms with Crippen LogP contribution in [0.25, 0.3) is 0 Å². The van der Waals surface area contributed by atoms with Crippen LogP contribution >= 0.6 is 0 Å². The number of benzene rings is 1. The van der Waals surface area contributed by atoms with Crippen molar-refractivity contribution >= 4 is 12.0 Å². The molecule has 3 aromatic rings. The molecule has 180 valence electrons. The van der Waals surface area contributed by atoms with Crippen molar-refractivity contribution in [3.63, 3.8) is 0 Å². The minimum Gasteiger partial charge on any atom is -0.350 e. The fraction of sp³-hybridized carbons (Fsp3) is 0.565. The zero-order chi connectivity index (χ0) is 23.4. The van der Waals surface area contributed by atoms with Gasteiger partial charge in [-0.25, -0.2) is 17.9 Å². The van der Waals surface area contributed by atoms with Crippen LogP contribution in [0.5, 0.6) is 0 Å². The molecule has 8 nitrogen and oxygen atoms in total. The summed E-state index contributed by atoms with van der Waals surface area (Å²) in [6.07, 6.45) is 4.47. The molecule has 34 heavy (non-hydrogen) atoms. The number of hydrogen-bond acceptors (Lipinski definition) is 7. The van der Waals surface area contributed by atoms with Gasteiger partial charge in [-0.05, 0) is 50.5 Å². The highest BCUT2D eigenvalue weighted by molar-refractivity contribution is 5.36. The normalized spacial score (nSPS) is 26.4. The molecule has 3 aliphatic rings. The van der Waals surface area contributed by atoms with Gasteiger partial charge < -0.3 is 14.7 Å². The SMILES string of the molecule is Cc1noc(N2C[C@H]3CC[C@@H](C2)C3Nc2nc3n(n2)CCCCC3c2ccc(F)c(F)c2F)n1. The predicted molar refractivity (Wildman–Crippen MR) is 117 cm³/mol. The van der Waals surface area contributed by atoms with Gasteiger partial charge in [-0.15, -0.1) is 5.10 Å². The Balaban J connectivity index is 1.24. The van der Waals surface area contributed by atoms with E-state index in [9.17, 15) is 13.2 Å². The molecule has 0 amide bonds. The lowest BCUT2D eigenvalue weighted by Gasteiger charge is -2.37. The van der Waals surface area contributed by atoms with E-state index in [1.54, 1.807) is 4.68 Å². The zero-order valence-electron chi connectivity index (χ0n) is 18.8. The molecular formula is C23H26F3N7O. The maximum absolute atomic E-state index is 14.6. The Bertz CT molecular complexity index is 1200. The molecule has 1 aliphatic carbocycles. The second-order valence-corrected chi connectivity index (χ2v) is 9.63. The molecule has 11 heteroatoms. The lowest BCUT2D eigenvalue weighted by atomic mass is 9.92.